The van der Waals surface area contributed by atoms with E-state index in [0.717, 1.165) is 0 Å². The van der Waals surface area contributed by atoms with Gasteiger partial charge in [0.15, 0.2) is 11.6 Å². The summed E-state index contributed by atoms with van der Waals surface area (Å²) in [6, 6.07) is -0.473. The fourth-order valence-electron chi connectivity index (χ4n) is 6.51. The van der Waals surface area contributed by atoms with E-state index in [2.05, 4.69) is 5.32 Å². The highest BCUT2D eigenvalue weighted by atomic mass is 16.9. The van der Waals surface area contributed by atoms with Crippen LogP contribution in [0.3, 0.4) is 0 Å². The van der Waals surface area contributed by atoms with E-state index >= 15 is 0 Å². The van der Waals surface area contributed by atoms with Crippen molar-refractivity contribution >= 4 is 18.0 Å². The van der Waals surface area contributed by atoms with Crippen molar-refractivity contribution in [3.8, 4) is 0 Å². The Kier molecular flexibility index (Phi) is 8.74. The highest BCUT2D eigenvalue weighted by Crippen LogP contribution is 2.48. The maximum absolute atomic E-state index is 12.9. The van der Waals surface area contributed by atoms with Gasteiger partial charge in [-0.2, -0.15) is 0 Å². The molecule has 234 valence electrons. The standard InChI is InChI=1S/C28H46N2O11/c1-8-36-21(31)19-13-27(16-29-19)9-10-30(23(34)40-24(2,3)4)14-17(27)12-26(7,35)37-15-18-11-20-28(38-18,22(32)33)41-25(5,6)39-20/h17-20,29,35H,8-16H2,1-7H3,(H,32,33)/t17?,18-,19-,20+,26?,27?,28-/m1/s1. The van der Waals surface area contributed by atoms with Gasteiger partial charge in [0, 0.05) is 32.5 Å². The number of amides is 1. The van der Waals surface area contributed by atoms with Crippen molar-refractivity contribution < 1.29 is 53.0 Å². The van der Waals surface area contributed by atoms with Crippen molar-refractivity contribution in [3.63, 3.8) is 0 Å². The predicted octanol–water partition coefficient (Wildman–Crippen LogP) is 1.99. The minimum Gasteiger partial charge on any atom is -0.477 e. The second-order valence-corrected chi connectivity index (χ2v) is 13.4. The third-order valence-electron chi connectivity index (χ3n) is 8.29. The van der Waals surface area contributed by atoms with Gasteiger partial charge < -0.3 is 48.9 Å². The van der Waals surface area contributed by atoms with Gasteiger partial charge in [0.25, 0.3) is 5.79 Å². The van der Waals surface area contributed by atoms with Gasteiger partial charge in [-0.3, -0.25) is 4.79 Å². The zero-order chi connectivity index (χ0) is 30.4. The molecule has 0 radical (unpaired) electrons. The van der Waals surface area contributed by atoms with E-state index in [-0.39, 0.29) is 43.4 Å². The molecule has 4 aliphatic rings. The number of nitrogens with zero attached hydrogens (tertiary/aromatic N) is 1. The number of carboxylic acid groups (broad SMARTS) is 1. The summed E-state index contributed by atoms with van der Waals surface area (Å²) in [4.78, 5) is 39.1. The second kappa shape index (κ2) is 11.2. The van der Waals surface area contributed by atoms with Gasteiger partial charge in [0.1, 0.15) is 17.7 Å². The highest BCUT2D eigenvalue weighted by molar-refractivity contribution is 5.77. The first-order chi connectivity index (χ1) is 18.9. The molecule has 0 aromatic carbocycles. The smallest absolute Gasteiger partial charge is 0.410 e. The Morgan fingerprint density at radius 1 is 1.15 bits per heavy atom. The molecule has 13 nitrogen and oxygen atoms in total. The number of nitrogens with one attached hydrogen (secondary N) is 1. The Labute approximate surface area is 241 Å². The van der Waals surface area contributed by atoms with Gasteiger partial charge in [-0.15, -0.1) is 0 Å². The predicted molar refractivity (Wildman–Crippen MR) is 142 cm³/mol. The number of fused-ring (bicyclic) bond motifs is 1. The SMILES string of the molecule is CCOC(=O)[C@H]1CC2(CCN(C(=O)OC(C)(C)C)CC2CC(C)(O)OC[C@H]2C[C@@H]3OC(C)(C)O[C@]3(C(=O)O)O2)CN1. The summed E-state index contributed by atoms with van der Waals surface area (Å²) < 4.78 is 34.0. The number of piperidine rings is 1. The quantitative estimate of drug-likeness (QED) is 0.281. The van der Waals surface area contributed by atoms with Crippen molar-refractivity contribution in [1.82, 2.24) is 10.2 Å². The molecule has 4 rings (SSSR count). The summed E-state index contributed by atoms with van der Waals surface area (Å²) in [6.45, 7) is 13.5. The Hall–Kier alpha value is -2.03. The average Bonchev–Trinajstić information content (AvgIpc) is 3.47. The number of rotatable bonds is 8. The van der Waals surface area contributed by atoms with Crippen LogP contribution in [0.4, 0.5) is 4.79 Å². The molecule has 0 bridgehead atoms. The fourth-order valence-corrected chi connectivity index (χ4v) is 6.51. The number of esters is 1. The molecule has 1 amide bonds. The summed E-state index contributed by atoms with van der Waals surface area (Å²) in [7, 11) is 0. The van der Waals surface area contributed by atoms with Crippen LogP contribution in [0.1, 0.15) is 74.1 Å². The van der Waals surface area contributed by atoms with Crippen LogP contribution in [0.15, 0.2) is 0 Å². The summed E-state index contributed by atoms with van der Waals surface area (Å²) in [5.41, 5.74) is -1.04. The number of hydrogen-bond acceptors (Lipinski definition) is 11. The van der Waals surface area contributed by atoms with Crippen LogP contribution < -0.4 is 5.32 Å². The molecule has 13 heteroatoms. The monoisotopic (exact) mass is 586 g/mol. The van der Waals surface area contributed by atoms with Crippen LogP contribution in [0.25, 0.3) is 0 Å². The normalized spacial score (nSPS) is 36.1. The lowest BCUT2D eigenvalue weighted by molar-refractivity contribution is -0.275. The zero-order valence-electron chi connectivity index (χ0n) is 25.2. The number of aliphatic hydroxyl groups is 1. The van der Waals surface area contributed by atoms with Crippen LogP contribution in [-0.4, -0.2) is 107 Å². The van der Waals surface area contributed by atoms with Gasteiger partial charge in [-0.05, 0) is 72.6 Å². The van der Waals surface area contributed by atoms with E-state index in [1.807, 2.05) is 20.8 Å². The lowest BCUT2D eigenvalue weighted by Crippen LogP contribution is -2.53. The van der Waals surface area contributed by atoms with Gasteiger partial charge >= 0.3 is 18.0 Å². The lowest BCUT2D eigenvalue weighted by atomic mass is 9.66. The lowest BCUT2D eigenvalue weighted by Gasteiger charge is -2.47. The van der Waals surface area contributed by atoms with Crippen molar-refractivity contribution in [2.24, 2.45) is 11.3 Å². The summed E-state index contributed by atoms with van der Waals surface area (Å²) in [5.74, 6) is -6.51. The molecular weight excluding hydrogens is 540 g/mol. The van der Waals surface area contributed by atoms with E-state index in [0.29, 0.717) is 32.5 Å². The van der Waals surface area contributed by atoms with Crippen LogP contribution in [0.2, 0.25) is 0 Å². The van der Waals surface area contributed by atoms with Crippen LogP contribution in [0, 0.1) is 11.3 Å². The zero-order valence-corrected chi connectivity index (χ0v) is 25.2. The molecule has 3 unspecified atom stereocenters. The molecule has 4 saturated heterocycles. The molecule has 41 heavy (non-hydrogen) atoms. The number of aliphatic carboxylic acids is 1. The highest BCUT2D eigenvalue weighted by Gasteiger charge is 2.65. The van der Waals surface area contributed by atoms with Gasteiger partial charge in [0.05, 0.1) is 19.3 Å². The van der Waals surface area contributed by atoms with Gasteiger partial charge in [-0.25, -0.2) is 9.59 Å². The molecule has 0 aromatic rings. The average molecular weight is 587 g/mol. The fraction of sp³-hybridized carbons (Fsp3) is 0.893. The van der Waals surface area contributed by atoms with Gasteiger partial charge in [-0.1, -0.05) is 0 Å². The summed E-state index contributed by atoms with van der Waals surface area (Å²) >= 11 is 0. The Morgan fingerprint density at radius 3 is 2.46 bits per heavy atom. The number of likely N-dealkylation sites (tertiary alicyclic amines) is 1. The van der Waals surface area contributed by atoms with Crippen LogP contribution in [0.5, 0.6) is 0 Å². The van der Waals surface area contributed by atoms with Crippen molar-refractivity contribution in [2.75, 3.05) is 32.8 Å². The van der Waals surface area contributed by atoms with E-state index in [9.17, 15) is 24.6 Å². The van der Waals surface area contributed by atoms with Crippen molar-refractivity contribution in [3.05, 3.63) is 0 Å². The maximum atomic E-state index is 12.9. The molecule has 0 aromatic heterocycles. The topological polar surface area (TPSA) is 162 Å². The van der Waals surface area contributed by atoms with Gasteiger partial charge in [0.2, 0.25) is 0 Å². The van der Waals surface area contributed by atoms with E-state index in [1.165, 1.54) is 6.92 Å². The third-order valence-corrected chi connectivity index (χ3v) is 8.29. The second-order valence-electron chi connectivity index (χ2n) is 13.4. The van der Waals surface area contributed by atoms with E-state index in [4.69, 9.17) is 28.4 Å². The Balaban J connectivity index is 1.44. The minimum atomic E-state index is -1.93. The van der Waals surface area contributed by atoms with Crippen LogP contribution >= 0.6 is 0 Å². The first kappa shape index (κ1) is 31.9. The number of hydrogen-bond donors (Lipinski definition) is 3. The molecule has 1 spiro atoms. The number of ether oxygens (including phenoxy) is 6. The number of carbonyl (C=O) groups is 3. The molecule has 0 aliphatic carbocycles. The summed E-state index contributed by atoms with van der Waals surface area (Å²) in [6.07, 6.45) is -0.442. The van der Waals surface area contributed by atoms with E-state index < -0.39 is 53.3 Å². The van der Waals surface area contributed by atoms with Crippen molar-refractivity contribution in [1.29, 1.82) is 0 Å². The number of carbonyl (C=O) groups excluding carboxylic acids is 2. The molecule has 0 saturated carbocycles. The van der Waals surface area contributed by atoms with Crippen molar-refractivity contribution in [2.45, 2.75) is 115 Å². The van der Waals surface area contributed by atoms with E-state index in [1.54, 1.807) is 25.7 Å². The largest absolute Gasteiger partial charge is 0.477 e. The molecular formula is C28H46N2O11. The molecule has 4 fully saturated rings. The molecule has 3 N–H and O–H groups in total. The molecule has 7 atom stereocenters. The molecule has 4 aliphatic heterocycles. The first-order valence-electron chi connectivity index (χ1n) is 14.4. The Morgan fingerprint density at radius 2 is 1.85 bits per heavy atom. The number of carboxylic acids is 1. The first-order valence-corrected chi connectivity index (χ1v) is 14.4. The molecule has 4 heterocycles. The minimum absolute atomic E-state index is 0.0924. The Bertz CT molecular complexity index is 1010. The maximum Gasteiger partial charge on any atom is 0.410 e. The summed E-state index contributed by atoms with van der Waals surface area (Å²) in [5, 5.41) is 24.5. The third kappa shape index (κ3) is 6.97. The van der Waals surface area contributed by atoms with Crippen LogP contribution in [-0.2, 0) is 38.0 Å².